The van der Waals surface area contributed by atoms with Gasteiger partial charge in [-0.05, 0) is 39.7 Å². The van der Waals surface area contributed by atoms with Crippen molar-refractivity contribution in [1.29, 1.82) is 0 Å². The van der Waals surface area contributed by atoms with Gasteiger partial charge in [0.1, 0.15) is 0 Å². The van der Waals surface area contributed by atoms with Crippen LogP contribution in [0.25, 0.3) is 0 Å². The minimum absolute atomic E-state index is 0.265. The van der Waals surface area contributed by atoms with Crippen molar-refractivity contribution < 1.29 is 5.11 Å². The quantitative estimate of drug-likeness (QED) is 0.904. The lowest BCUT2D eigenvalue weighted by Crippen LogP contribution is -2.40. The Kier molecular flexibility index (Phi) is 5.25. The molecule has 1 N–H and O–H groups in total. The SMILES string of the molecule is CCn1nc(C)c(Cl)c1CN1CCCCC1CCO. The highest BCUT2D eigenvalue weighted by Crippen LogP contribution is 2.26. The van der Waals surface area contributed by atoms with E-state index in [1.807, 2.05) is 11.6 Å². The minimum atomic E-state index is 0.265. The summed E-state index contributed by atoms with van der Waals surface area (Å²) in [5, 5.41) is 14.5. The van der Waals surface area contributed by atoms with Gasteiger partial charge in [0.2, 0.25) is 0 Å². The molecule has 0 amide bonds. The number of aromatic nitrogens is 2. The monoisotopic (exact) mass is 285 g/mol. The Hall–Kier alpha value is -0.580. The fraction of sp³-hybridized carbons (Fsp3) is 0.786. The summed E-state index contributed by atoms with van der Waals surface area (Å²) in [6, 6.07) is 0.482. The lowest BCUT2D eigenvalue weighted by Gasteiger charge is -2.35. The second kappa shape index (κ2) is 6.73. The third-order valence-electron chi connectivity index (χ3n) is 4.02. The lowest BCUT2D eigenvalue weighted by atomic mass is 9.99. The lowest BCUT2D eigenvalue weighted by molar-refractivity contribution is 0.109. The fourth-order valence-corrected chi connectivity index (χ4v) is 3.15. The first-order valence-electron chi connectivity index (χ1n) is 7.24. The molecular formula is C14H24ClN3O. The van der Waals surface area contributed by atoms with Crippen LogP contribution in [0.3, 0.4) is 0 Å². The van der Waals surface area contributed by atoms with Crippen molar-refractivity contribution in [2.75, 3.05) is 13.2 Å². The third-order valence-corrected chi connectivity index (χ3v) is 4.51. The van der Waals surface area contributed by atoms with Gasteiger partial charge < -0.3 is 5.11 Å². The number of piperidine rings is 1. The number of aryl methyl sites for hydroxylation is 2. The molecule has 1 aliphatic rings. The summed E-state index contributed by atoms with van der Waals surface area (Å²) >= 11 is 6.38. The van der Waals surface area contributed by atoms with Gasteiger partial charge in [-0.3, -0.25) is 9.58 Å². The van der Waals surface area contributed by atoms with E-state index < -0.39 is 0 Å². The number of likely N-dealkylation sites (tertiary alicyclic amines) is 1. The van der Waals surface area contributed by atoms with Crippen molar-refractivity contribution in [1.82, 2.24) is 14.7 Å². The van der Waals surface area contributed by atoms with Gasteiger partial charge >= 0.3 is 0 Å². The number of aliphatic hydroxyl groups is 1. The molecule has 0 aromatic carbocycles. The van der Waals surface area contributed by atoms with Crippen LogP contribution in [0.2, 0.25) is 5.02 Å². The predicted molar refractivity (Wildman–Crippen MR) is 77.4 cm³/mol. The van der Waals surface area contributed by atoms with Gasteiger partial charge in [-0.25, -0.2) is 0 Å². The Morgan fingerprint density at radius 1 is 1.42 bits per heavy atom. The van der Waals surface area contributed by atoms with Crippen LogP contribution >= 0.6 is 11.6 Å². The zero-order valence-electron chi connectivity index (χ0n) is 11.9. The van der Waals surface area contributed by atoms with Crippen LogP contribution in [0.1, 0.15) is 44.0 Å². The van der Waals surface area contributed by atoms with Crippen LogP contribution in [0.5, 0.6) is 0 Å². The molecular weight excluding hydrogens is 262 g/mol. The van der Waals surface area contributed by atoms with Gasteiger partial charge in [-0.2, -0.15) is 5.10 Å². The van der Waals surface area contributed by atoms with Crippen molar-refractivity contribution in [3.63, 3.8) is 0 Å². The van der Waals surface area contributed by atoms with Crippen LogP contribution in [0, 0.1) is 6.92 Å². The Bertz CT molecular complexity index is 417. The van der Waals surface area contributed by atoms with Gasteiger partial charge in [0.05, 0.1) is 16.4 Å². The summed E-state index contributed by atoms with van der Waals surface area (Å²) < 4.78 is 2.00. The Morgan fingerprint density at radius 3 is 2.89 bits per heavy atom. The molecule has 0 radical (unpaired) electrons. The summed E-state index contributed by atoms with van der Waals surface area (Å²) in [7, 11) is 0. The Labute approximate surface area is 120 Å². The Morgan fingerprint density at radius 2 is 2.21 bits per heavy atom. The maximum Gasteiger partial charge on any atom is 0.0860 e. The summed E-state index contributed by atoms with van der Waals surface area (Å²) in [5.74, 6) is 0. The smallest absolute Gasteiger partial charge is 0.0860 e. The van der Waals surface area contributed by atoms with E-state index in [2.05, 4.69) is 16.9 Å². The van der Waals surface area contributed by atoms with Gasteiger partial charge in [0.15, 0.2) is 0 Å². The molecule has 1 atom stereocenters. The molecule has 2 rings (SSSR count). The van der Waals surface area contributed by atoms with E-state index in [4.69, 9.17) is 11.6 Å². The zero-order valence-corrected chi connectivity index (χ0v) is 12.7. The zero-order chi connectivity index (χ0) is 13.8. The molecule has 0 aliphatic carbocycles. The standard InChI is InChI=1S/C14H24ClN3O/c1-3-18-13(14(15)11(2)16-18)10-17-8-5-4-6-12(17)7-9-19/h12,19H,3-10H2,1-2H3. The van der Waals surface area contributed by atoms with Crippen LogP contribution < -0.4 is 0 Å². The normalized spacial score (nSPS) is 20.9. The third kappa shape index (κ3) is 3.30. The summed E-state index contributed by atoms with van der Waals surface area (Å²) in [6.45, 7) is 7.10. The molecule has 0 spiro atoms. The average Bonchev–Trinajstić information content (AvgIpc) is 2.69. The molecule has 1 unspecified atom stereocenters. The maximum absolute atomic E-state index is 9.19. The number of aliphatic hydroxyl groups excluding tert-OH is 1. The first-order chi connectivity index (χ1) is 9.17. The van der Waals surface area contributed by atoms with Crippen LogP contribution in [-0.4, -0.2) is 39.0 Å². The van der Waals surface area contributed by atoms with E-state index in [-0.39, 0.29) is 6.61 Å². The van der Waals surface area contributed by atoms with E-state index in [0.29, 0.717) is 6.04 Å². The van der Waals surface area contributed by atoms with Crippen LogP contribution in [-0.2, 0) is 13.1 Å². The summed E-state index contributed by atoms with van der Waals surface area (Å²) in [5.41, 5.74) is 2.03. The van der Waals surface area contributed by atoms with Crippen molar-refractivity contribution in [2.24, 2.45) is 0 Å². The van der Waals surface area contributed by atoms with E-state index >= 15 is 0 Å². The van der Waals surface area contributed by atoms with Crippen molar-refractivity contribution in [3.8, 4) is 0 Å². The largest absolute Gasteiger partial charge is 0.396 e. The first kappa shape index (κ1) is 14.8. The van der Waals surface area contributed by atoms with Crippen molar-refractivity contribution >= 4 is 11.6 Å². The summed E-state index contributed by atoms with van der Waals surface area (Å²) in [4.78, 5) is 2.45. The molecule has 108 valence electrons. The van der Waals surface area contributed by atoms with Gasteiger partial charge in [0, 0.05) is 25.7 Å². The number of hydrogen-bond donors (Lipinski definition) is 1. The molecule has 0 bridgehead atoms. The molecule has 0 saturated carbocycles. The topological polar surface area (TPSA) is 41.3 Å². The molecule has 19 heavy (non-hydrogen) atoms. The second-order valence-corrected chi connectivity index (χ2v) is 5.67. The van der Waals surface area contributed by atoms with Crippen molar-refractivity contribution in [2.45, 2.75) is 58.7 Å². The Balaban J connectivity index is 2.14. The van der Waals surface area contributed by atoms with Crippen LogP contribution in [0.4, 0.5) is 0 Å². The molecule has 4 nitrogen and oxygen atoms in total. The molecule has 1 saturated heterocycles. The molecule has 1 aliphatic heterocycles. The van der Waals surface area contributed by atoms with Crippen LogP contribution in [0.15, 0.2) is 0 Å². The van der Waals surface area contributed by atoms with E-state index in [1.165, 1.54) is 19.3 Å². The van der Waals surface area contributed by atoms with E-state index in [0.717, 1.165) is 42.5 Å². The maximum atomic E-state index is 9.19. The molecule has 1 aromatic rings. The summed E-state index contributed by atoms with van der Waals surface area (Å²) in [6.07, 6.45) is 4.54. The van der Waals surface area contributed by atoms with Gasteiger partial charge in [-0.1, -0.05) is 18.0 Å². The highest BCUT2D eigenvalue weighted by atomic mass is 35.5. The molecule has 1 fully saturated rings. The average molecular weight is 286 g/mol. The fourth-order valence-electron chi connectivity index (χ4n) is 2.96. The molecule has 2 heterocycles. The van der Waals surface area contributed by atoms with Gasteiger partial charge in [-0.15, -0.1) is 0 Å². The molecule has 5 heteroatoms. The number of hydrogen-bond acceptors (Lipinski definition) is 3. The number of rotatable bonds is 5. The predicted octanol–water partition coefficient (Wildman–Crippen LogP) is 2.60. The van der Waals surface area contributed by atoms with Crippen molar-refractivity contribution in [3.05, 3.63) is 16.4 Å². The highest BCUT2D eigenvalue weighted by molar-refractivity contribution is 6.31. The van der Waals surface area contributed by atoms with Gasteiger partial charge in [0.25, 0.3) is 0 Å². The minimum Gasteiger partial charge on any atom is -0.396 e. The second-order valence-electron chi connectivity index (χ2n) is 5.29. The first-order valence-corrected chi connectivity index (χ1v) is 7.61. The number of halogens is 1. The highest BCUT2D eigenvalue weighted by Gasteiger charge is 2.24. The molecule has 1 aromatic heterocycles. The van der Waals surface area contributed by atoms with E-state index in [1.54, 1.807) is 0 Å². The number of nitrogens with zero attached hydrogens (tertiary/aromatic N) is 3. The van der Waals surface area contributed by atoms with E-state index in [9.17, 15) is 5.11 Å².